The molecule has 0 radical (unpaired) electrons. The van der Waals surface area contributed by atoms with Crippen LogP contribution in [0.3, 0.4) is 0 Å². The van der Waals surface area contributed by atoms with Gasteiger partial charge in [-0.15, -0.1) is 0 Å². The van der Waals surface area contributed by atoms with Gasteiger partial charge >= 0.3 is 0 Å². The molecule has 2 rings (SSSR count). The van der Waals surface area contributed by atoms with E-state index in [1.807, 2.05) is 18.2 Å². The minimum absolute atomic E-state index is 0.145. The third kappa shape index (κ3) is 2.00. The van der Waals surface area contributed by atoms with E-state index in [-0.39, 0.29) is 11.5 Å². The molecule has 15 heavy (non-hydrogen) atoms. The van der Waals surface area contributed by atoms with Gasteiger partial charge in [-0.05, 0) is 23.6 Å². The standard InChI is InChI=1S/C12H15ClN2/c1-12(2,3)11-9-6-8(13)4-5-10(9)14-7-15-11/h4-7,11H,1-3H3,(H,14,15). The number of benzene rings is 1. The van der Waals surface area contributed by atoms with Gasteiger partial charge in [0.25, 0.3) is 0 Å². The van der Waals surface area contributed by atoms with Gasteiger partial charge in [0.1, 0.15) is 0 Å². The lowest BCUT2D eigenvalue weighted by Gasteiger charge is -2.34. The fourth-order valence-corrected chi connectivity index (χ4v) is 2.04. The van der Waals surface area contributed by atoms with Crippen LogP contribution in [0.5, 0.6) is 0 Å². The van der Waals surface area contributed by atoms with Crippen molar-refractivity contribution in [3.63, 3.8) is 0 Å². The molecule has 1 atom stereocenters. The van der Waals surface area contributed by atoms with Gasteiger partial charge in [-0.3, -0.25) is 0 Å². The predicted octanol–water partition coefficient (Wildman–Crippen LogP) is 3.69. The first-order valence-electron chi connectivity index (χ1n) is 5.06. The Balaban J connectivity index is 2.50. The van der Waals surface area contributed by atoms with Crippen LogP contribution in [-0.4, -0.2) is 6.34 Å². The first kappa shape index (κ1) is 10.5. The largest absolute Gasteiger partial charge is 0.369 e. The molecule has 1 aliphatic heterocycles. The maximum Gasteiger partial charge on any atom is 0.0891 e. The first-order valence-corrected chi connectivity index (χ1v) is 5.44. The normalized spacial score (nSPS) is 19.6. The Morgan fingerprint density at radius 2 is 2.07 bits per heavy atom. The highest BCUT2D eigenvalue weighted by atomic mass is 35.5. The van der Waals surface area contributed by atoms with E-state index in [4.69, 9.17) is 11.6 Å². The van der Waals surface area contributed by atoms with Crippen molar-refractivity contribution in [2.45, 2.75) is 26.8 Å². The van der Waals surface area contributed by atoms with E-state index >= 15 is 0 Å². The van der Waals surface area contributed by atoms with Crippen LogP contribution >= 0.6 is 11.6 Å². The lowest BCUT2D eigenvalue weighted by molar-refractivity contribution is 0.303. The number of hydrogen-bond acceptors (Lipinski definition) is 2. The van der Waals surface area contributed by atoms with Crippen molar-refractivity contribution < 1.29 is 0 Å². The van der Waals surface area contributed by atoms with Crippen LogP contribution < -0.4 is 5.32 Å². The van der Waals surface area contributed by atoms with Crippen molar-refractivity contribution in [2.75, 3.05) is 0 Å². The van der Waals surface area contributed by atoms with Crippen LogP contribution in [0.1, 0.15) is 32.4 Å². The Morgan fingerprint density at radius 3 is 2.73 bits per heavy atom. The fourth-order valence-electron chi connectivity index (χ4n) is 1.86. The molecular weight excluding hydrogens is 208 g/mol. The third-order valence-corrected chi connectivity index (χ3v) is 2.85. The van der Waals surface area contributed by atoms with Gasteiger partial charge in [-0.2, -0.15) is 0 Å². The van der Waals surface area contributed by atoms with E-state index in [1.165, 1.54) is 5.56 Å². The number of fused-ring (bicyclic) bond motifs is 1. The van der Waals surface area contributed by atoms with Gasteiger partial charge in [0.15, 0.2) is 0 Å². The molecule has 1 N–H and O–H groups in total. The summed E-state index contributed by atoms with van der Waals surface area (Å²) in [5, 5.41) is 4.06. The Labute approximate surface area is 95.4 Å². The van der Waals surface area contributed by atoms with Crippen LogP contribution in [0, 0.1) is 5.41 Å². The first-order chi connectivity index (χ1) is 6.98. The lowest BCUT2D eigenvalue weighted by atomic mass is 9.81. The van der Waals surface area contributed by atoms with Gasteiger partial charge in [0, 0.05) is 10.6 Å². The Bertz CT molecular complexity index is 405. The van der Waals surface area contributed by atoms with Crippen molar-refractivity contribution in [3.8, 4) is 0 Å². The molecule has 0 saturated carbocycles. The summed E-state index contributed by atoms with van der Waals surface area (Å²) in [7, 11) is 0. The Hall–Kier alpha value is -1.02. The molecule has 0 amide bonds. The molecule has 0 spiro atoms. The molecule has 1 heterocycles. The highest BCUT2D eigenvalue weighted by Crippen LogP contribution is 2.39. The third-order valence-electron chi connectivity index (χ3n) is 2.61. The summed E-state index contributed by atoms with van der Waals surface area (Å²) in [5.41, 5.74) is 2.34. The summed E-state index contributed by atoms with van der Waals surface area (Å²) < 4.78 is 0. The van der Waals surface area contributed by atoms with Crippen molar-refractivity contribution in [1.82, 2.24) is 5.32 Å². The van der Waals surface area contributed by atoms with Crippen LogP contribution in [0.15, 0.2) is 23.2 Å². The maximum absolute atomic E-state index is 6.01. The molecule has 2 nitrogen and oxygen atoms in total. The second-order valence-corrected chi connectivity index (χ2v) is 5.36. The molecule has 0 aliphatic carbocycles. The molecule has 1 unspecified atom stereocenters. The quantitative estimate of drug-likeness (QED) is 0.712. The number of nitrogens with one attached hydrogen (secondary N) is 1. The number of nitrogens with zero attached hydrogens (tertiary/aromatic N) is 1. The zero-order valence-corrected chi connectivity index (χ0v) is 9.97. The fraction of sp³-hybridized carbons (Fsp3) is 0.417. The topological polar surface area (TPSA) is 24.4 Å². The molecule has 3 heteroatoms. The van der Waals surface area contributed by atoms with Gasteiger partial charge in [0.2, 0.25) is 0 Å². The average molecular weight is 223 g/mol. The Kier molecular flexibility index (Phi) is 2.47. The van der Waals surface area contributed by atoms with E-state index < -0.39 is 0 Å². The van der Waals surface area contributed by atoms with E-state index in [0.29, 0.717) is 0 Å². The lowest BCUT2D eigenvalue weighted by Crippen LogP contribution is -2.33. The molecule has 1 aromatic carbocycles. The van der Waals surface area contributed by atoms with Crippen LogP contribution in [0.25, 0.3) is 0 Å². The van der Waals surface area contributed by atoms with Crippen LogP contribution in [0.4, 0.5) is 5.69 Å². The number of aliphatic imine (C=N–C) groups is 1. The van der Waals surface area contributed by atoms with Gasteiger partial charge in [-0.1, -0.05) is 32.4 Å². The van der Waals surface area contributed by atoms with Gasteiger partial charge in [0.05, 0.1) is 18.1 Å². The van der Waals surface area contributed by atoms with Gasteiger partial charge in [-0.25, -0.2) is 4.99 Å². The molecule has 0 saturated heterocycles. The highest BCUT2D eigenvalue weighted by molar-refractivity contribution is 6.30. The predicted molar refractivity (Wildman–Crippen MR) is 64.9 cm³/mol. The molecule has 80 valence electrons. The molecule has 1 aromatic rings. The zero-order valence-electron chi connectivity index (χ0n) is 9.21. The maximum atomic E-state index is 6.01. The molecule has 0 aromatic heterocycles. The summed E-state index contributed by atoms with van der Waals surface area (Å²) in [5.74, 6) is 0. The summed E-state index contributed by atoms with van der Waals surface area (Å²) in [6.07, 6.45) is 1.77. The number of rotatable bonds is 0. The monoisotopic (exact) mass is 222 g/mol. The average Bonchev–Trinajstić information content (AvgIpc) is 2.15. The van der Waals surface area contributed by atoms with E-state index in [9.17, 15) is 0 Å². The summed E-state index contributed by atoms with van der Waals surface area (Å²) in [4.78, 5) is 4.30. The molecule has 1 aliphatic rings. The SMILES string of the molecule is CC(C)(C)C1NC=Nc2ccc(Cl)cc21. The highest BCUT2D eigenvalue weighted by Gasteiger charge is 2.29. The zero-order chi connectivity index (χ0) is 11.1. The second-order valence-electron chi connectivity index (χ2n) is 4.93. The summed E-state index contributed by atoms with van der Waals surface area (Å²) in [6.45, 7) is 6.61. The van der Waals surface area contributed by atoms with Crippen molar-refractivity contribution in [2.24, 2.45) is 10.4 Å². The van der Waals surface area contributed by atoms with E-state index in [2.05, 4.69) is 31.1 Å². The van der Waals surface area contributed by atoms with Crippen molar-refractivity contribution >= 4 is 23.6 Å². The molecular formula is C12H15ClN2. The minimum atomic E-state index is 0.145. The molecule has 0 bridgehead atoms. The van der Waals surface area contributed by atoms with Crippen LogP contribution in [-0.2, 0) is 0 Å². The second kappa shape index (κ2) is 3.53. The number of hydrogen-bond donors (Lipinski definition) is 1. The number of halogens is 1. The summed E-state index contributed by atoms with van der Waals surface area (Å²) >= 11 is 6.01. The Morgan fingerprint density at radius 1 is 1.33 bits per heavy atom. The van der Waals surface area contributed by atoms with E-state index in [1.54, 1.807) is 6.34 Å². The van der Waals surface area contributed by atoms with E-state index in [0.717, 1.165) is 10.7 Å². The minimum Gasteiger partial charge on any atom is -0.369 e. The van der Waals surface area contributed by atoms with Gasteiger partial charge < -0.3 is 5.32 Å². The molecule has 0 fully saturated rings. The summed E-state index contributed by atoms with van der Waals surface area (Å²) in [6, 6.07) is 6.11. The van der Waals surface area contributed by atoms with Crippen molar-refractivity contribution in [1.29, 1.82) is 0 Å². The van der Waals surface area contributed by atoms with Crippen molar-refractivity contribution in [3.05, 3.63) is 28.8 Å². The van der Waals surface area contributed by atoms with Crippen LogP contribution in [0.2, 0.25) is 5.02 Å². The smallest absolute Gasteiger partial charge is 0.0891 e.